The van der Waals surface area contributed by atoms with Crippen LogP contribution in [0.3, 0.4) is 0 Å². The fraction of sp³-hybridized carbons (Fsp3) is 0.273. The Labute approximate surface area is 82.6 Å². The van der Waals surface area contributed by atoms with Crippen LogP contribution in [0.2, 0.25) is 0 Å². The molecule has 1 N–H and O–H groups in total. The van der Waals surface area contributed by atoms with Gasteiger partial charge in [0.1, 0.15) is 6.10 Å². The van der Waals surface area contributed by atoms with E-state index in [1.54, 1.807) is 12.1 Å². The molecule has 1 aromatic rings. The van der Waals surface area contributed by atoms with Crippen LogP contribution in [0.4, 0.5) is 0 Å². The van der Waals surface area contributed by atoms with Gasteiger partial charge in [0.25, 0.3) is 0 Å². The molecule has 0 aliphatic rings. The third-order valence-corrected chi connectivity index (χ3v) is 1.80. The fourth-order valence-corrected chi connectivity index (χ4v) is 1.07. The van der Waals surface area contributed by atoms with Gasteiger partial charge in [-0.05, 0) is 24.9 Å². The summed E-state index contributed by atoms with van der Waals surface area (Å²) in [5.74, 6) is 0. The number of hydrogen-bond donors (Lipinski definition) is 1. The molecule has 2 nitrogen and oxygen atoms in total. The van der Waals surface area contributed by atoms with Gasteiger partial charge < -0.3 is 0 Å². The molecule has 13 heavy (non-hydrogen) atoms. The van der Waals surface area contributed by atoms with Gasteiger partial charge in [-0.2, -0.15) is 0 Å². The van der Waals surface area contributed by atoms with Gasteiger partial charge in [-0.3, -0.25) is 5.26 Å². The summed E-state index contributed by atoms with van der Waals surface area (Å²) in [5, 5.41) is 8.77. The molecule has 0 aliphatic heterocycles. The van der Waals surface area contributed by atoms with Crippen LogP contribution >= 0.6 is 0 Å². The van der Waals surface area contributed by atoms with Crippen LogP contribution in [-0.2, 0) is 4.89 Å². The molecular weight excluding hydrogens is 164 g/mol. The Kier molecular flexibility index (Phi) is 2.06. The van der Waals surface area contributed by atoms with Crippen molar-refractivity contribution in [2.24, 2.45) is 0 Å². The van der Waals surface area contributed by atoms with E-state index in [4.69, 9.17) is 9.37 Å². The lowest BCUT2D eigenvalue weighted by Gasteiger charge is -2.13. The Morgan fingerprint density at radius 2 is 2.15 bits per heavy atom. The summed E-state index contributed by atoms with van der Waals surface area (Å²) in [4.78, 5) is 4.20. The Hall–Kier alpha value is -1.12. The molecule has 0 saturated carbocycles. The standard InChI is InChI=1S/C11H14O2/c1-8(2)11(13-12)10-6-4-9(3)5-7-10/h4-7,11-12H,1H2,2-3H3/i2D3. The topological polar surface area (TPSA) is 29.5 Å². The monoisotopic (exact) mass is 181 g/mol. The second-order valence-corrected chi connectivity index (χ2v) is 2.92. The summed E-state index contributed by atoms with van der Waals surface area (Å²) in [6, 6.07) is 7.03. The van der Waals surface area contributed by atoms with E-state index in [2.05, 4.69) is 11.5 Å². The molecule has 0 fully saturated rings. The molecule has 2 heteroatoms. The zero-order valence-electron chi connectivity index (χ0n) is 10.4. The lowest BCUT2D eigenvalue weighted by molar-refractivity contribution is -0.271. The first-order valence-corrected chi connectivity index (χ1v) is 3.92. The van der Waals surface area contributed by atoms with E-state index in [9.17, 15) is 0 Å². The molecule has 0 aromatic heterocycles. The maximum Gasteiger partial charge on any atom is 0.138 e. The number of aryl methyl sites for hydroxylation is 1. The average molecular weight is 181 g/mol. The molecule has 0 radical (unpaired) electrons. The summed E-state index contributed by atoms with van der Waals surface area (Å²) in [5.41, 5.74) is 1.47. The van der Waals surface area contributed by atoms with E-state index < -0.39 is 13.0 Å². The summed E-state index contributed by atoms with van der Waals surface area (Å²) in [7, 11) is 0. The van der Waals surface area contributed by atoms with Crippen LogP contribution in [0.15, 0.2) is 36.4 Å². The quantitative estimate of drug-likeness (QED) is 0.441. The summed E-state index contributed by atoms with van der Waals surface area (Å²) >= 11 is 0. The molecule has 0 aliphatic carbocycles. The number of rotatable bonds is 3. The van der Waals surface area contributed by atoms with Gasteiger partial charge in [-0.25, -0.2) is 4.89 Å². The van der Waals surface area contributed by atoms with Gasteiger partial charge in [-0.15, -0.1) is 0 Å². The molecule has 0 saturated heterocycles. The molecule has 1 rings (SSSR count). The minimum absolute atomic E-state index is 0.140. The smallest absolute Gasteiger partial charge is 0.138 e. The van der Waals surface area contributed by atoms with Crippen molar-refractivity contribution < 1.29 is 14.3 Å². The van der Waals surface area contributed by atoms with Crippen molar-refractivity contribution in [3.05, 3.63) is 47.5 Å². The normalized spacial score (nSPS) is 16.9. The maximum absolute atomic E-state index is 8.77. The summed E-state index contributed by atoms with van der Waals surface area (Å²) in [6.45, 7) is 3.01. The Balaban J connectivity index is 2.99. The summed E-state index contributed by atoms with van der Waals surface area (Å²) < 4.78 is 21.6. The zero-order valence-corrected chi connectivity index (χ0v) is 7.45. The van der Waals surface area contributed by atoms with Crippen LogP contribution in [-0.4, -0.2) is 5.26 Å². The predicted molar refractivity (Wildman–Crippen MR) is 52.4 cm³/mol. The second-order valence-electron chi connectivity index (χ2n) is 2.92. The molecule has 0 heterocycles. The Morgan fingerprint density at radius 3 is 2.62 bits per heavy atom. The predicted octanol–water partition coefficient (Wildman–Crippen LogP) is 3.10. The Bertz CT molecular complexity index is 368. The van der Waals surface area contributed by atoms with Crippen molar-refractivity contribution >= 4 is 0 Å². The van der Waals surface area contributed by atoms with E-state index in [-0.39, 0.29) is 5.57 Å². The minimum atomic E-state index is -2.35. The molecule has 70 valence electrons. The highest BCUT2D eigenvalue weighted by Crippen LogP contribution is 2.23. The SMILES string of the molecule is [2H]C([2H])([2H])C(=C)C(OO)c1ccc(C)cc1. The van der Waals surface area contributed by atoms with E-state index in [0.29, 0.717) is 5.56 Å². The molecule has 0 spiro atoms. The number of hydrogen-bond acceptors (Lipinski definition) is 2. The van der Waals surface area contributed by atoms with E-state index >= 15 is 0 Å². The van der Waals surface area contributed by atoms with Crippen molar-refractivity contribution in [3.8, 4) is 0 Å². The molecule has 0 bridgehead atoms. The van der Waals surface area contributed by atoms with Gasteiger partial charge >= 0.3 is 0 Å². The molecule has 1 atom stereocenters. The molecule has 1 aromatic carbocycles. The molecule has 0 amide bonds. The lowest BCUT2D eigenvalue weighted by atomic mass is 10.0. The van der Waals surface area contributed by atoms with Crippen LogP contribution in [0, 0.1) is 6.92 Å². The van der Waals surface area contributed by atoms with Crippen LogP contribution < -0.4 is 0 Å². The number of benzene rings is 1. The van der Waals surface area contributed by atoms with E-state index in [0.717, 1.165) is 5.56 Å². The van der Waals surface area contributed by atoms with E-state index in [1.165, 1.54) is 0 Å². The zero-order chi connectivity index (χ0) is 12.3. The average Bonchev–Trinajstić information content (AvgIpc) is 2.20. The second kappa shape index (κ2) is 4.21. The molecule has 1 unspecified atom stereocenters. The van der Waals surface area contributed by atoms with Crippen LogP contribution in [0.25, 0.3) is 0 Å². The third kappa shape index (κ3) is 2.41. The first kappa shape index (κ1) is 6.35. The third-order valence-electron chi connectivity index (χ3n) is 1.80. The van der Waals surface area contributed by atoms with Gasteiger partial charge in [0.2, 0.25) is 0 Å². The van der Waals surface area contributed by atoms with Crippen molar-refractivity contribution in [3.63, 3.8) is 0 Å². The first-order chi connectivity index (χ1) is 7.36. The van der Waals surface area contributed by atoms with Crippen LogP contribution in [0.5, 0.6) is 0 Å². The fourth-order valence-electron chi connectivity index (χ4n) is 1.07. The van der Waals surface area contributed by atoms with Crippen molar-refractivity contribution in [2.45, 2.75) is 19.9 Å². The highest BCUT2D eigenvalue weighted by atomic mass is 17.1. The minimum Gasteiger partial charge on any atom is -0.251 e. The highest BCUT2D eigenvalue weighted by molar-refractivity contribution is 5.27. The van der Waals surface area contributed by atoms with Gasteiger partial charge in [0.15, 0.2) is 0 Å². The first-order valence-electron chi connectivity index (χ1n) is 5.42. The van der Waals surface area contributed by atoms with Crippen molar-refractivity contribution in [1.82, 2.24) is 0 Å². The summed E-state index contributed by atoms with van der Waals surface area (Å²) in [6.07, 6.45) is -1.02. The van der Waals surface area contributed by atoms with Crippen molar-refractivity contribution in [2.75, 3.05) is 0 Å². The van der Waals surface area contributed by atoms with Gasteiger partial charge in [0, 0.05) is 4.11 Å². The lowest BCUT2D eigenvalue weighted by Crippen LogP contribution is -2.02. The molecular formula is C11H14O2. The van der Waals surface area contributed by atoms with E-state index in [1.807, 2.05) is 19.1 Å². The van der Waals surface area contributed by atoms with Crippen molar-refractivity contribution in [1.29, 1.82) is 0 Å². The maximum atomic E-state index is 8.77. The van der Waals surface area contributed by atoms with Crippen LogP contribution in [0.1, 0.15) is 28.2 Å². The van der Waals surface area contributed by atoms with Gasteiger partial charge in [-0.1, -0.05) is 36.4 Å². The van der Waals surface area contributed by atoms with Gasteiger partial charge in [0.05, 0.1) is 0 Å². The largest absolute Gasteiger partial charge is 0.251 e. The Morgan fingerprint density at radius 1 is 1.54 bits per heavy atom. The highest BCUT2D eigenvalue weighted by Gasteiger charge is 2.11.